The Kier molecular flexibility index (Phi) is 4.22. The number of amides is 1. The van der Waals surface area contributed by atoms with E-state index < -0.39 is 4.92 Å². The maximum atomic E-state index is 12.1. The molecule has 0 radical (unpaired) electrons. The van der Waals surface area contributed by atoms with Crippen molar-refractivity contribution in [2.24, 2.45) is 11.8 Å². The molecule has 1 saturated carbocycles. The molecule has 6 heteroatoms. The van der Waals surface area contributed by atoms with Crippen LogP contribution in [-0.4, -0.2) is 17.4 Å². The number of hydrogen-bond donors (Lipinski definition) is 2. The highest BCUT2D eigenvalue weighted by molar-refractivity contribution is 5.99. The Morgan fingerprint density at radius 2 is 2.25 bits per heavy atom. The van der Waals surface area contributed by atoms with Crippen molar-refractivity contribution < 1.29 is 9.72 Å². The summed E-state index contributed by atoms with van der Waals surface area (Å²) in [6, 6.07) is 3.91. The normalized spacial score (nSPS) is 21.6. The molecule has 0 spiro atoms. The molecule has 2 rings (SSSR count). The van der Waals surface area contributed by atoms with Crippen molar-refractivity contribution in [3.8, 4) is 0 Å². The number of nitrogens with one attached hydrogen (secondary N) is 1. The Morgan fingerprint density at radius 3 is 2.85 bits per heavy atom. The van der Waals surface area contributed by atoms with Crippen LogP contribution in [0.1, 0.15) is 36.5 Å². The van der Waals surface area contributed by atoms with Gasteiger partial charge in [-0.2, -0.15) is 0 Å². The van der Waals surface area contributed by atoms with Crippen molar-refractivity contribution in [2.75, 3.05) is 12.3 Å². The first-order chi connectivity index (χ1) is 9.47. The van der Waals surface area contributed by atoms with Crippen molar-refractivity contribution >= 4 is 17.3 Å². The fourth-order valence-electron chi connectivity index (χ4n) is 2.70. The standard InChI is InChI=1S/C14H19N3O3/c1-9-2-3-10(6-9)8-16-14(18)12-7-11(17(19)20)4-5-13(12)15/h4-5,7,9-10H,2-3,6,8,15H2,1H3,(H,16,18). The maximum Gasteiger partial charge on any atom is 0.270 e. The third-order valence-electron chi connectivity index (χ3n) is 3.85. The average Bonchev–Trinajstić information content (AvgIpc) is 2.82. The van der Waals surface area contributed by atoms with Crippen molar-refractivity contribution in [2.45, 2.75) is 26.2 Å². The highest BCUT2D eigenvalue weighted by Gasteiger charge is 2.22. The lowest BCUT2D eigenvalue weighted by atomic mass is 10.1. The zero-order valence-corrected chi connectivity index (χ0v) is 11.5. The minimum atomic E-state index is -0.533. The molecule has 0 aromatic heterocycles. The number of nitro groups is 1. The van der Waals surface area contributed by atoms with Crippen LogP contribution in [0.25, 0.3) is 0 Å². The summed E-state index contributed by atoms with van der Waals surface area (Å²) in [6.07, 6.45) is 3.43. The second-order valence-electron chi connectivity index (χ2n) is 5.52. The predicted octanol–water partition coefficient (Wildman–Crippen LogP) is 2.34. The Morgan fingerprint density at radius 1 is 1.50 bits per heavy atom. The summed E-state index contributed by atoms with van der Waals surface area (Å²) < 4.78 is 0. The number of nitrogens with two attached hydrogens (primary N) is 1. The SMILES string of the molecule is CC1CCC(CNC(=O)c2cc([N+](=O)[O-])ccc2N)C1. The van der Waals surface area contributed by atoms with E-state index in [1.165, 1.54) is 24.6 Å². The number of nitro benzene ring substituents is 1. The Hall–Kier alpha value is -2.11. The number of benzene rings is 1. The lowest BCUT2D eigenvalue weighted by Crippen LogP contribution is -2.29. The summed E-state index contributed by atoms with van der Waals surface area (Å²) in [5.74, 6) is 0.861. The lowest BCUT2D eigenvalue weighted by molar-refractivity contribution is -0.384. The predicted molar refractivity (Wildman–Crippen MR) is 76.3 cm³/mol. The summed E-state index contributed by atoms with van der Waals surface area (Å²) in [6.45, 7) is 2.81. The smallest absolute Gasteiger partial charge is 0.270 e. The van der Waals surface area contributed by atoms with Gasteiger partial charge in [-0.1, -0.05) is 13.3 Å². The first kappa shape index (κ1) is 14.3. The first-order valence-electron chi connectivity index (χ1n) is 6.79. The van der Waals surface area contributed by atoms with Gasteiger partial charge >= 0.3 is 0 Å². The zero-order valence-electron chi connectivity index (χ0n) is 11.5. The topological polar surface area (TPSA) is 98.3 Å². The third-order valence-corrected chi connectivity index (χ3v) is 3.85. The summed E-state index contributed by atoms with van der Waals surface area (Å²) in [4.78, 5) is 22.3. The Bertz CT molecular complexity index is 530. The molecule has 1 aliphatic carbocycles. The van der Waals surface area contributed by atoms with Gasteiger partial charge in [0.2, 0.25) is 0 Å². The molecular weight excluding hydrogens is 258 g/mol. The van der Waals surface area contributed by atoms with Gasteiger partial charge in [-0.15, -0.1) is 0 Å². The fraction of sp³-hybridized carbons (Fsp3) is 0.500. The van der Waals surface area contributed by atoms with Crippen molar-refractivity contribution in [3.05, 3.63) is 33.9 Å². The third kappa shape index (κ3) is 3.26. The van der Waals surface area contributed by atoms with Gasteiger partial charge in [-0.25, -0.2) is 0 Å². The van der Waals surface area contributed by atoms with E-state index >= 15 is 0 Å². The first-order valence-corrected chi connectivity index (χ1v) is 6.79. The second kappa shape index (κ2) is 5.90. The summed E-state index contributed by atoms with van der Waals surface area (Å²) >= 11 is 0. The summed E-state index contributed by atoms with van der Waals surface area (Å²) in [5.41, 5.74) is 6.02. The lowest BCUT2D eigenvalue weighted by Gasteiger charge is -2.12. The van der Waals surface area contributed by atoms with Crippen molar-refractivity contribution in [1.82, 2.24) is 5.32 Å². The molecule has 0 saturated heterocycles. The van der Waals surface area contributed by atoms with E-state index in [4.69, 9.17) is 5.73 Å². The number of carbonyl (C=O) groups is 1. The number of rotatable bonds is 4. The molecule has 2 unspecified atom stereocenters. The van der Waals surface area contributed by atoms with Gasteiger partial charge in [0, 0.05) is 24.4 Å². The molecule has 0 heterocycles. The summed E-state index contributed by atoms with van der Waals surface area (Å²) in [5, 5.41) is 13.6. The number of carbonyl (C=O) groups excluding carboxylic acids is 1. The van der Waals surface area contributed by atoms with Gasteiger partial charge < -0.3 is 11.1 Å². The van der Waals surface area contributed by atoms with Crippen LogP contribution in [0.4, 0.5) is 11.4 Å². The summed E-state index contributed by atoms with van der Waals surface area (Å²) in [7, 11) is 0. The minimum Gasteiger partial charge on any atom is -0.398 e. The van der Waals surface area contributed by atoms with Crippen LogP contribution in [-0.2, 0) is 0 Å². The quantitative estimate of drug-likeness (QED) is 0.501. The maximum absolute atomic E-state index is 12.1. The van der Waals surface area contributed by atoms with Crippen molar-refractivity contribution in [1.29, 1.82) is 0 Å². The molecule has 0 bridgehead atoms. The molecule has 6 nitrogen and oxygen atoms in total. The number of nitrogen functional groups attached to an aromatic ring is 1. The molecular formula is C14H19N3O3. The van der Waals surface area contributed by atoms with Gasteiger partial charge in [-0.05, 0) is 30.7 Å². The highest BCUT2D eigenvalue weighted by atomic mass is 16.6. The molecule has 1 amide bonds. The molecule has 1 aromatic rings. The largest absolute Gasteiger partial charge is 0.398 e. The molecule has 2 atom stereocenters. The molecule has 1 aromatic carbocycles. The van der Waals surface area contributed by atoms with Crippen LogP contribution in [0.5, 0.6) is 0 Å². The molecule has 20 heavy (non-hydrogen) atoms. The van der Waals surface area contributed by atoms with Crippen LogP contribution in [0.2, 0.25) is 0 Å². The van der Waals surface area contributed by atoms with Gasteiger partial charge in [0.1, 0.15) is 0 Å². The van der Waals surface area contributed by atoms with E-state index in [0.717, 1.165) is 12.8 Å². The van der Waals surface area contributed by atoms with Gasteiger partial charge in [-0.3, -0.25) is 14.9 Å². The van der Waals surface area contributed by atoms with E-state index in [1.54, 1.807) is 0 Å². The number of nitrogens with zero attached hydrogens (tertiary/aromatic N) is 1. The van der Waals surface area contributed by atoms with Crippen LogP contribution in [0.15, 0.2) is 18.2 Å². The van der Waals surface area contributed by atoms with Crippen molar-refractivity contribution in [3.63, 3.8) is 0 Å². The number of non-ortho nitro benzene ring substituents is 1. The van der Waals surface area contributed by atoms with Gasteiger partial charge in [0.25, 0.3) is 11.6 Å². The molecule has 108 valence electrons. The van der Waals surface area contributed by atoms with E-state index in [2.05, 4.69) is 12.2 Å². The van der Waals surface area contributed by atoms with Gasteiger partial charge in [0.15, 0.2) is 0 Å². The van der Waals surface area contributed by atoms with Crippen LogP contribution < -0.4 is 11.1 Å². The van der Waals surface area contributed by atoms with Gasteiger partial charge in [0.05, 0.1) is 10.5 Å². The van der Waals surface area contributed by atoms with E-state index in [0.29, 0.717) is 18.4 Å². The van der Waals surface area contributed by atoms with E-state index in [9.17, 15) is 14.9 Å². The molecule has 0 aliphatic heterocycles. The van der Waals surface area contributed by atoms with Crippen LogP contribution in [0, 0.1) is 22.0 Å². The molecule has 1 aliphatic rings. The number of anilines is 1. The van der Waals surface area contributed by atoms with Crippen LogP contribution >= 0.6 is 0 Å². The molecule has 3 N–H and O–H groups in total. The number of hydrogen-bond acceptors (Lipinski definition) is 4. The van der Waals surface area contributed by atoms with E-state index in [1.807, 2.05) is 0 Å². The monoisotopic (exact) mass is 277 g/mol. The highest BCUT2D eigenvalue weighted by Crippen LogP contribution is 2.29. The fourth-order valence-corrected chi connectivity index (χ4v) is 2.70. The zero-order chi connectivity index (χ0) is 14.7. The van der Waals surface area contributed by atoms with E-state index in [-0.39, 0.29) is 22.8 Å². The second-order valence-corrected chi connectivity index (χ2v) is 5.52. The minimum absolute atomic E-state index is 0.126. The Labute approximate surface area is 117 Å². The van der Waals surface area contributed by atoms with Crippen LogP contribution in [0.3, 0.4) is 0 Å². The average molecular weight is 277 g/mol. The Balaban J connectivity index is 2.01. The molecule has 1 fully saturated rings.